The van der Waals surface area contributed by atoms with E-state index in [1.54, 1.807) is 20.1 Å². The van der Waals surface area contributed by atoms with Gasteiger partial charge in [0.1, 0.15) is 12.7 Å². The summed E-state index contributed by atoms with van der Waals surface area (Å²) in [4.78, 5) is 28.8. The molecule has 0 bridgehead atoms. The number of hydrogen-bond acceptors (Lipinski definition) is 4. The number of carbonyl (C=O) groups excluding carboxylic acids is 1. The second kappa shape index (κ2) is 7.65. The standard InChI is InChI=1S/C18H25N7O2/c1-5-24-15-7-12(3)14(8-16(15)25(6-2)18(24)27)22-17(26)21-13(4)9-23-11-19-10-20-23/h7-8,10-11,13H,5-6,9H2,1-4H3,(H2,21,22,26)/t13-/m0/s1. The fourth-order valence-electron chi connectivity index (χ4n) is 3.25. The second-order valence-corrected chi connectivity index (χ2v) is 6.54. The number of nitrogens with one attached hydrogen (secondary N) is 2. The van der Waals surface area contributed by atoms with E-state index in [0.29, 0.717) is 25.3 Å². The van der Waals surface area contributed by atoms with Crippen molar-refractivity contribution < 1.29 is 4.79 Å². The Hall–Kier alpha value is -3.10. The fraction of sp³-hybridized carbons (Fsp3) is 0.444. The molecule has 0 saturated carbocycles. The van der Waals surface area contributed by atoms with Crippen LogP contribution in [-0.4, -0.2) is 36.0 Å². The molecule has 27 heavy (non-hydrogen) atoms. The van der Waals surface area contributed by atoms with Gasteiger partial charge in [0.15, 0.2) is 0 Å². The summed E-state index contributed by atoms with van der Waals surface area (Å²) in [5, 5.41) is 9.81. The maximum Gasteiger partial charge on any atom is 0.329 e. The lowest BCUT2D eigenvalue weighted by atomic mass is 10.1. The summed E-state index contributed by atoms with van der Waals surface area (Å²) in [6.45, 7) is 9.41. The molecule has 0 unspecified atom stereocenters. The highest BCUT2D eigenvalue weighted by Crippen LogP contribution is 2.23. The Bertz CT molecular complexity index is 1000. The molecule has 3 aromatic rings. The molecule has 2 N–H and O–H groups in total. The van der Waals surface area contributed by atoms with Crippen LogP contribution >= 0.6 is 0 Å². The molecule has 1 atom stereocenters. The highest BCUT2D eigenvalue weighted by molar-refractivity contribution is 5.93. The number of aryl methyl sites for hydroxylation is 3. The first-order chi connectivity index (χ1) is 12.9. The summed E-state index contributed by atoms with van der Waals surface area (Å²) in [5.74, 6) is 0. The molecule has 144 valence electrons. The zero-order chi connectivity index (χ0) is 19.6. The average molecular weight is 371 g/mol. The minimum absolute atomic E-state index is 0.0301. The number of imidazole rings is 1. The van der Waals surface area contributed by atoms with E-state index in [4.69, 9.17) is 0 Å². The normalized spacial score (nSPS) is 12.3. The predicted molar refractivity (Wildman–Crippen MR) is 104 cm³/mol. The van der Waals surface area contributed by atoms with Crippen molar-refractivity contribution in [3.8, 4) is 0 Å². The molecule has 0 radical (unpaired) electrons. The van der Waals surface area contributed by atoms with Crippen molar-refractivity contribution in [3.05, 3.63) is 40.8 Å². The van der Waals surface area contributed by atoms with E-state index >= 15 is 0 Å². The van der Waals surface area contributed by atoms with E-state index in [2.05, 4.69) is 20.7 Å². The zero-order valence-corrected chi connectivity index (χ0v) is 16.1. The van der Waals surface area contributed by atoms with Crippen LogP contribution in [0.25, 0.3) is 11.0 Å². The van der Waals surface area contributed by atoms with Gasteiger partial charge in [-0.1, -0.05) is 0 Å². The van der Waals surface area contributed by atoms with Crippen LogP contribution in [0.5, 0.6) is 0 Å². The van der Waals surface area contributed by atoms with Gasteiger partial charge in [-0.15, -0.1) is 0 Å². The first-order valence-electron chi connectivity index (χ1n) is 9.08. The van der Waals surface area contributed by atoms with E-state index in [0.717, 1.165) is 16.6 Å². The molecule has 0 saturated heterocycles. The first kappa shape index (κ1) is 18.7. The molecule has 9 nitrogen and oxygen atoms in total. The van der Waals surface area contributed by atoms with Crippen LogP contribution in [0, 0.1) is 6.92 Å². The summed E-state index contributed by atoms with van der Waals surface area (Å²) in [6.07, 6.45) is 3.07. The van der Waals surface area contributed by atoms with Crippen molar-refractivity contribution in [2.24, 2.45) is 0 Å². The van der Waals surface area contributed by atoms with Gasteiger partial charge in [-0.05, 0) is 45.4 Å². The van der Waals surface area contributed by atoms with Gasteiger partial charge in [0, 0.05) is 24.8 Å². The Balaban J connectivity index is 1.81. The molecule has 1 aromatic carbocycles. The fourth-order valence-corrected chi connectivity index (χ4v) is 3.25. The number of carbonyl (C=O) groups is 1. The van der Waals surface area contributed by atoms with Crippen LogP contribution in [0.15, 0.2) is 29.6 Å². The topological polar surface area (TPSA) is 98.8 Å². The van der Waals surface area contributed by atoms with Gasteiger partial charge < -0.3 is 10.6 Å². The maximum absolute atomic E-state index is 12.5. The molecule has 2 amide bonds. The number of hydrogen-bond donors (Lipinski definition) is 2. The Morgan fingerprint density at radius 3 is 2.44 bits per heavy atom. The number of benzene rings is 1. The summed E-state index contributed by atoms with van der Waals surface area (Å²) in [5.41, 5.74) is 3.26. The number of fused-ring (bicyclic) bond motifs is 1. The van der Waals surface area contributed by atoms with Gasteiger partial charge in [0.05, 0.1) is 17.6 Å². The van der Waals surface area contributed by atoms with Crippen molar-refractivity contribution in [1.82, 2.24) is 29.2 Å². The van der Waals surface area contributed by atoms with Crippen LogP contribution < -0.4 is 16.3 Å². The van der Waals surface area contributed by atoms with Gasteiger partial charge in [0.2, 0.25) is 0 Å². The lowest BCUT2D eigenvalue weighted by Gasteiger charge is -2.15. The molecule has 3 rings (SSSR count). The van der Waals surface area contributed by atoms with E-state index in [-0.39, 0.29) is 17.8 Å². The number of aromatic nitrogens is 5. The molecule has 0 spiro atoms. The van der Waals surface area contributed by atoms with Gasteiger partial charge >= 0.3 is 11.7 Å². The number of nitrogens with zero attached hydrogens (tertiary/aromatic N) is 5. The first-order valence-corrected chi connectivity index (χ1v) is 9.08. The van der Waals surface area contributed by atoms with Crippen LogP contribution in [0.2, 0.25) is 0 Å². The van der Waals surface area contributed by atoms with Crippen LogP contribution in [0.4, 0.5) is 10.5 Å². The smallest absolute Gasteiger partial charge is 0.329 e. The van der Waals surface area contributed by atoms with Gasteiger partial charge in [-0.2, -0.15) is 5.10 Å². The Morgan fingerprint density at radius 1 is 1.19 bits per heavy atom. The Morgan fingerprint density at radius 2 is 1.85 bits per heavy atom. The molecule has 2 heterocycles. The molecule has 0 aliphatic rings. The lowest BCUT2D eigenvalue weighted by Crippen LogP contribution is -2.38. The molecular formula is C18H25N7O2. The zero-order valence-electron chi connectivity index (χ0n) is 16.1. The monoisotopic (exact) mass is 371 g/mol. The molecule has 0 fully saturated rings. The van der Waals surface area contributed by atoms with Crippen molar-refractivity contribution in [3.63, 3.8) is 0 Å². The Kier molecular flexibility index (Phi) is 5.29. The maximum atomic E-state index is 12.5. The number of rotatable bonds is 6. The highest BCUT2D eigenvalue weighted by atomic mass is 16.2. The third kappa shape index (κ3) is 3.71. The largest absolute Gasteiger partial charge is 0.334 e. The third-order valence-corrected chi connectivity index (χ3v) is 4.55. The van der Waals surface area contributed by atoms with Crippen molar-refractivity contribution >= 4 is 22.8 Å². The van der Waals surface area contributed by atoms with E-state index in [1.807, 2.05) is 39.8 Å². The van der Waals surface area contributed by atoms with E-state index in [9.17, 15) is 9.59 Å². The minimum atomic E-state index is -0.301. The SMILES string of the molecule is CCn1c(=O)n(CC)c2cc(NC(=O)N[C@@H](C)Cn3cncn3)c(C)cc21. The molecule has 0 aliphatic heterocycles. The molecular weight excluding hydrogens is 346 g/mol. The van der Waals surface area contributed by atoms with Crippen LogP contribution in [-0.2, 0) is 19.6 Å². The number of amides is 2. The highest BCUT2D eigenvalue weighted by Gasteiger charge is 2.15. The molecule has 2 aromatic heterocycles. The van der Waals surface area contributed by atoms with Crippen molar-refractivity contribution in [2.45, 2.75) is 53.4 Å². The van der Waals surface area contributed by atoms with Gasteiger partial charge in [0.25, 0.3) is 0 Å². The van der Waals surface area contributed by atoms with Gasteiger partial charge in [-0.3, -0.25) is 13.8 Å². The summed E-state index contributed by atoms with van der Waals surface area (Å²) in [7, 11) is 0. The summed E-state index contributed by atoms with van der Waals surface area (Å²) in [6, 6.07) is 3.39. The van der Waals surface area contributed by atoms with E-state index < -0.39 is 0 Å². The van der Waals surface area contributed by atoms with E-state index in [1.165, 1.54) is 6.33 Å². The quantitative estimate of drug-likeness (QED) is 0.692. The summed E-state index contributed by atoms with van der Waals surface area (Å²) >= 11 is 0. The van der Waals surface area contributed by atoms with Crippen molar-refractivity contribution in [2.75, 3.05) is 5.32 Å². The van der Waals surface area contributed by atoms with Crippen molar-refractivity contribution in [1.29, 1.82) is 0 Å². The number of anilines is 1. The molecule has 9 heteroatoms. The average Bonchev–Trinajstić information content (AvgIpc) is 3.20. The van der Waals surface area contributed by atoms with Crippen LogP contribution in [0.1, 0.15) is 26.3 Å². The minimum Gasteiger partial charge on any atom is -0.334 e. The lowest BCUT2D eigenvalue weighted by molar-refractivity contribution is 0.247. The second-order valence-electron chi connectivity index (χ2n) is 6.54. The Labute approximate surface area is 157 Å². The summed E-state index contributed by atoms with van der Waals surface area (Å²) < 4.78 is 5.13. The third-order valence-electron chi connectivity index (χ3n) is 4.55. The predicted octanol–water partition coefficient (Wildman–Crippen LogP) is 1.95. The van der Waals surface area contributed by atoms with Gasteiger partial charge in [-0.25, -0.2) is 14.6 Å². The number of urea groups is 1. The molecule has 0 aliphatic carbocycles. The van der Waals surface area contributed by atoms with Crippen LogP contribution in [0.3, 0.4) is 0 Å².